The molecule has 7 heteroatoms. The lowest BCUT2D eigenvalue weighted by molar-refractivity contribution is -0.384. The molecule has 1 unspecified atom stereocenters. The van der Waals surface area contributed by atoms with E-state index in [2.05, 4.69) is 33.4 Å². The lowest BCUT2D eigenvalue weighted by Crippen LogP contribution is -2.28. The third-order valence-corrected chi connectivity index (χ3v) is 4.07. The average molecular weight is 338 g/mol. The van der Waals surface area contributed by atoms with Crippen LogP contribution < -0.4 is 4.74 Å². The molecule has 0 aliphatic rings. The van der Waals surface area contributed by atoms with Crippen LogP contribution in [0.15, 0.2) is 12.1 Å². The minimum atomic E-state index is -0.548. The largest absolute Gasteiger partial charge is 0.490 e. The van der Waals surface area contributed by atoms with E-state index in [1.165, 1.54) is 12.1 Å². The zero-order chi connectivity index (χ0) is 15.5. The quantitative estimate of drug-likeness (QED) is 0.473. The molecule has 0 fully saturated rings. The van der Waals surface area contributed by atoms with Crippen molar-refractivity contribution in [1.82, 2.24) is 0 Å². The van der Waals surface area contributed by atoms with E-state index in [1.807, 2.05) is 0 Å². The van der Waals surface area contributed by atoms with E-state index in [0.29, 0.717) is 12.4 Å². The first-order valence-corrected chi connectivity index (χ1v) is 7.42. The first kappa shape index (κ1) is 17.4. The summed E-state index contributed by atoms with van der Waals surface area (Å²) in [7, 11) is 0. The molecular formula is C13H17Cl2NO3S. The number of nitro groups is 1. The SMILES string of the molecule is CC(C)(C)C(CS)COc1c(Cl)cc([N+](=O)[O-])cc1Cl. The Bertz CT molecular complexity index is 480. The topological polar surface area (TPSA) is 52.4 Å². The highest BCUT2D eigenvalue weighted by Crippen LogP contribution is 2.38. The molecule has 0 spiro atoms. The van der Waals surface area contributed by atoms with E-state index in [4.69, 9.17) is 27.9 Å². The Labute approximate surface area is 134 Å². The number of rotatable bonds is 5. The Morgan fingerprint density at radius 3 is 2.20 bits per heavy atom. The molecule has 20 heavy (non-hydrogen) atoms. The molecule has 112 valence electrons. The number of ether oxygens (including phenoxy) is 1. The molecule has 0 saturated carbocycles. The first-order chi connectivity index (χ1) is 9.16. The van der Waals surface area contributed by atoms with Gasteiger partial charge in [-0.2, -0.15) is 12.6 Å². The van der Waals surface area contributed by atoms with Crippen molar-refractivity contribution >= 4 is 41.5 Å². The lowest BCUT2D eigenvalue weighted by Gasteiger charge is -2.29. The predicted octanol–water partition coefficient (Wildman–Crippen LogP) is 4.87. The number of non-ortho nitro benzene ring substituents is 1. The van der Waals surface area contributed by atoms with E-state index in [-0.39, 0.29) is 32.8 Å². The van der Waals surface area contributed by atoms with Gasteiger partial charge in [-0.3, -0.25) is 10.1 Å². The van der Waals surface area contributed by atoms with Crippen LogP contribution in [-0.4, -0.2) is 17.3 Å². The standard InChI is InChI=1S/C13H17Cl2NO3S/c1-13(2,3)8(7-20)6-19-12-10(14)4-9(16(17)18)5-11(12)15/h4-5,8,20H,6-7H2,1-3H3. The Balaban J connectivity index is 2.91. The highest BCUT2D eigenvalue weighted by atomic mass is 35.5. The van der Waals surface area contributed by atoms with Crippen LogP contribution >= 0.6 is 35.8 Å². The van der Waals surface area contributed by atoms with Crippen LogP contribution in [0, 0.1) is 21.4 Å². The summed E-state index contributed by atoms with van der Waals surface area (Å²) in [5.74, 6) is 1.13. The molecule has 0 bridgehead atoms. The van der Waals surface area contributed by atoms with Gasteiger partial charge in [0.05, 0.1) is 21.6 Å². The van der Waals surface area contributed by atoms with Crippen molar-refractivity contribution in [3.8, 4) is 5.75 Å². The molecule has 1 aromatic rings. The predicted molar refractivity (Wildman–Crippen MR) is 85.4 cm³/mol. The molecule has 0 amide bonds. The molecule has 4 nitrogen and oxygen atoms in total. The van der Waals surface area contributed by atoms with Crippen molar-refractivity contribution < 1.29 is 9.66 Å². The molecule has 0 saturated heterocycles. The van der Waals surface area contributed by atoms with Crippen LogP contribution in [0.3, 0.4) is 0 Å². The van der Waals surface area contributed by atoms with Crippen LogP contribution in [0.5, 0.6) is 5.75 Å². The summed E-state index contributed by atoms with van der Waals surface area (Å²) in [6.45, 7) is 6.67. The maximum atomic E-state index is 10.7. The minimum Gasteiger partial charge on any atom is -0.490 e. The molecule has 0 N–H and O–H groups in total. The van der Waals surface area contributed by atoms with Crippen molar-refractivity contribution in [2.75, 3.05) is 12.4 Å². The number of nitro benzene ring substituents is 1. The zero-order valence-electron chi connectivity index (χ0n) is 11.5. The summed E-state index contributed by atoms with van der Waals surface area (Å²) < 4.78 is 5.65. The second kappa shape index (κ2) is 6.87. The molecule has 1 atom stereocenters. The van der Waals surface area contributed by atoms with Gasteiger partial charge < -0.3 is 4.74 Å². The second-order valence-corrected chi connectivity index (χ2v) is 6.73. The molecule has 0 aliphatic carbocycles. The summed E-state index contributed by atoms with van der Waals surface area (Å²) in [4.78, 5) is 10.1. The average Bonchev–Trinajstić information content (AvgIpc) is 2.30. The van der Waals surface area contributed by atoms with Gasteiger partial charge in [0.25, 0.3) is 5.69 Å². The van der Waals surface area contributed by atoms with Crippen molar-refractivity contribution in [1.29, 1.82) is 0 Å². The van der Waals surface area contributed by atoms with Crippen molar-refractivity contribution in [2.24, 2.45) is 11.3 Å². The smallest absolute Gasteiger partial charge is 0.272 e. The fourth-order valence-corrected chi connectivity index (χ4v) is 2.79. The Kier molecular flexibility index (Phi) is 5.98. The third-order valence-electron chi connectivity index (χ3n) is 3.07. The van der Waals surface area contributed by atoms with E-state index in [0.717, 1.165) is 0 Å². The normalized spacial score (nSPS) is 13.1. The molecule has 0 aliphatic heterocycles. The highest BCUT2D eigenvalue weighted by molar-refractivity contribution is 7.80. The molecule has 1 aromatic carbocycles. The van der Waals surface area contributed by atoms with Gasteiger partial charge in [0.15, 0.2) is 5.75 Å². The second-order valence-electron chi connectivity index (χ2n) is 5.55. The maximum absolute atomic E-state index is 10.7. The highest BCUT2D eigenvalue weighted by Gasteiger charge is 2.25. The van der Waals surface area contributed by atoms with Gasteiger partial charge in [-0.1, -0.05) is 44.0 Å². The van der Waals surface area contributed by atoms with Crippen molar-refractivity contribution in [3.05, 3.63) is 32.3 Å². The molecule has 1 rings (SSSR count). The number of hydrogen-bond acceptors (Lipinski definition) is 4. The van der Waals surface area contributed by atoms with Crippen LogP contribution in [0.25, 0.3) is 0 Å². The van der Waals surface area contributed by atoms with Gasteiger partial charge in [0.2, 0.25) is 0 Å². The lowest BCUT2D eigenvalue weighted by atomic mass is 9.82. The van der Waals surface area contributed by atoms with Gasteiger partial charge in [0, 0.05) is 18.1 Å². The van der Waals surface area contributed by atoms with Gasteiger partial charge in [-0.25, -0.2) is 0 Å². The summed E-state index contributed by atoms with van der Waals surface area (Å²) >= 11 is 16.3. The van der Waals surface area contributed by atoms with Crippen LogP contribution in [0.4, 0.5) is 5.69 Å². The number of nitrogens with zero attached hydrogens (tertiary/aromatic N) is 1. The Morgan fingerprint density at radius 1 is 1.35 bits per heavy atom. The van der Waals surface area contributed by atoms with Gasteiger partial charge >= 0.3 is 0 Å². The van der Waals surface area contributed by atoms with Gasteiger partial charge in [-0.15, -0.1) is 0 Å². The number of benzene rings is 1. The first-order valence-electron chi connectivity index (χ1n) is 6.04. The number of thiol groups is 1. The Morgan fingerprint density at radius 2 is 1.85 bits per heavy atom. The number of halogens is 2. The molecule has 0 radical (unpaired) electrons. The van der Waals surface area contributed by atoms with Crippen LogP contribution in [0.2, 0.25) is 10.0 Å². The fourth-order valence-electron chi connectivity index (χ4n) is 1.55. The van der Waals surface area contributed by atoms with Gasteiger partial charge in [0.1, 0.15) is 0 Å². The maximum Gasteiger partial charge on any atom is 0.272 e. The zero-order valence-corrected chi connectivity index (χ0v) is 13.9. The Hall–Kier alpha value is -0.650. The monoisotopic (exact) mass is 337 g/mol. The summed E-state index contributed by atoms with van der Waals surface area (Å²) in [6.07, 6.45) is 0. The van der Waals surface area contributed by atoms with E-state index in [1.54, 1.807) is 0 Å². The van der Waals surface area contributed by atoms with Gasteiger partial charge in [-0.05, 0) is 11.2 Å². The molecule has 0 heterocycles. The third kappa shape index (κ3) is 4.43. The van der Waals surface area contributed by atoms with E-state index in [9.17, 15) is 10.1 Å². The summed E-state index contributed by atoms with van der Waals surface area (Å²) in [5.41, 5.74) is -0.129. The van der Waals surface area contributed by atoms with Crippen LogP contribution in [0.1, 0.15) is 20.8 Å². The van der Waals surface area contributed by atoms with E-state index < -0.39 is 4.92 Å². The van der Waals surface area contributed by atoms with Crippen molar-refractivity contribution in [3.63, 3.8) is 0 Å². The van der Waals surface area contributed by atoms with E-state index >= 15 is 0 Å². The number of hydrogen-bond donors (Lipinski definition) is 1. The van der Waals surface area contributed by atoms with Crippen LogP contribution in [-0.2, 0) is 0 Å². The van der Waals surface area contributed by atoms with Crippen molar-refractivity contribution in [2.45, 2.75) is 20.8 Å². The summed E-state index contributed by atoms with van der Waals surface area (Å²) in [5, 5.41) is 11.0. The fraction of sp³-hybridized carbons (Fsp3) is 0.538. The summed E-state index contributed by atoms with van der Waals surface area (Å²) in [6, 6.07) is 2.46. The molecule has 0 aromatic heterocycles. The molecular weight excluding hydrogens is 321 g/mol. The minimum absolute atomic E-state index is 0.0292.